The molecule has 0 unspecified atom stereocenters. The number of aryl methyl sites for hydroxylation is 1. The predicted octanol–water partition coefficient (Wildman–Crippen LogP) is 7.79. The van der Waals surface area contributed by atoms with Gasteiger partial charge < -0.3 is 4.90 Å². The van der Waals surface area contributed by atoms with E-state index in [1.54, 1.807) is 0 Å². The number of rotatable bonds is 3. The average molecular weight is 346 g/mol. The molecular formula is C25H31N. The van der Waals surface area contributed by atoms with Gasteiger partial charge in [-0.05, 0) is 54.3 Å². The molecule has 0 bridgehead atoms. The molecular weight excluding hydrogens is 314 g/mol. The van der Waals surface area contributed by atoms with Gasteiger partial charge in [0.25, 0.3) is 0 Å². The molecule has 26 heavy (non-hydrogen) atoms. The van der Waals surface area contributed by atoms with E-state index in [0.717, 1.165) is 0 Å². The van der Waals surface area contributed by atoms with Gasteiger partial charge in [-0.3, -0.25) is 0 Å². The van der Waals surface area contributed by atoms with Gasteiger partial charge in [0.2, 0.25) is 0 Å². The third-order valence-corrected chi connectivity index (χ3v) is 4.30. The Kier molecular flexibility index (Phi) is 6.63. The molecule has 0 radical (unpaired) electrons. The minimum atomic E-state index is 0.167. The second-order valence-corrected chi connectivity index (χ2v) is 7.30. The van der Waals surface area contributed by atoms with Gasteiger partial charge in [-0.25, -0.2) is 0 Å². The number of benzene rings is 3. The highest BCUT2D eigenvalue weighted by Gasteiger charge is 2.16. The van der Waals surface area contributed by atoms with E-state index >= 15 is 0 Å². The molecule has 0 aromatic heterocycles. The maximum atomic E-state index is 2.30. The molecule has 0 heterocycles. The zero-order valence-electron chi connectivity index (χ0n) is 17.0. The molecule has 0 aliphatic heterocycles. The number of hydrogen-bond acceptors (Lipinski definition) is 1. The largest absolute Gasteiger partial charge is 0.311 e. The fourth-order valence-corrected chi connectivity index (χ4v) is 2.83. The molecule has 3 aromatic carbocycles. The summed E-state index contributed by atoms with van der Waals surface area (Å²) in [6, 6.07) is 28.1. The van der Waals surface area contributed by atoms with E-state index < -0.39 is 0 Å². The quantitative estimate of drug-likeness (QED) is 0.468. The van der Waals surface area contributed by atoms with Crippen molar-refractivity contribution in [1.82, 2.24) is 0 Å². The molecule has 1 heteroatoms. The topological polar surface area (TPSA) is 3.24 Å². The van der Waals surface area contributed by atoms with Crippen LogP contribution in [0.1, 0.15) is 45.7 Å². The van der Waals surface area contributed by atoms with Crippen LogP contribution in [0.3, 0.4) is 0 Å². The predicted molar refractivity (Wildman–Crippen MR) is 116 cm³/mol. The third kappa shape index (κ3) is 4.76. The summed E-state index contributed by atoms with van der Waals surface area (Å²) in [6.07, 6.45) is 0. The van der Waals surface area contributed by atoms with Crippen molar-refractivity contribution in [3.63, 3.8) is 0 Å². The van der Waals surface area contributed by atoms with Crippen LogP contribution in [0.4, 0.5) is 17.1 Å². The summed E-state index contributed by atoms with van der Waals surface area (Å²) in [5.74, 6) is 0. The summed E-state index contributed by atoms with van der Waals surface area (Å²) in [4.78, 5) is 2.30. The molecule has 136 valence electrons. The highest BCUT2D eigenvalue weighted by atomic mass is 15.1. The molecule has 0 aliphatic rings. The van der Waals surface area contributed by atoms with E-state index in [9.17, 15) is 0 Å². The molecule has 0 N–H and O–H groups in total. The van der Waals surface area contributed by atoms with Crippen molar-refractivity contribution in [2.75, 3.05) is 4.90 Å². The van der Waals surface area contributed by atoms with Crippen LogP contribution in [0.2, 0.25) is 0 Å². The smallest absolute Gasteiger partial charge is 0.0461 e. The molecule has 0 amide bonds. The Bertz CT molecular complexity index is 778. The highest BCUT2D eigenvalue weighted by Crippen LogP contribution is 2.35. The van der Waals surface area contributed by atoms with Crippen LogP contribution in [0.5, 0.6) is 0 Å². The summed E-state index contributed by atoms with van der Waals surface area (Å²) >= 11 is 0. The first-order valence-electron chi connectivity index (χ1n) is 9.47. The Hall–Kier alpha value is -2.54. The molecule has 0 saturated heterocycles. The van der Waals surface area contributed by atoms with Gasteiger partial charge in [0.05, 0.1) is 0 Å². The van der Waals surface area contributed by atoms with Crippen molar-refractivity contribution in [3.8, 4) is 0 Å². The summed E-state index contributed by atoms with van der Waals surface area (Å²) < 4.78 is 0. The first-order valence-corrected chi connectivity index (χ1v) is 9.47. The maximum Gasteiger partial charge on any atom is 0.0461 e. The molecule has 0 spiro atoms. The summed E-state index contributed by atoms with van der Waals surface area (Å²) in [5.41, 5.74) is 6.32. The van der Waals surface area contributed by atoms with Crippen molar-refractivity contribution >= 4 is 17.1 Å². The standard InChI is InChI=1S/C23H25N.C2H6/c1-18-10-14-21(15-11-18)24(20-8-6-5-7-9-20)22-16-12-19(13-17-22)23(2,3)4;1-2/h5-17H,1-4H3;1-2H3. The van der Waals surface area contributed by atoms with E-state index in [1.165, 1.54) is 28.2 Å². The molecule has 1 nitrogen and oxygen atoms in total. The fraction of sp³-hybridized carbons (Fsp3) is 0.280. The number of nitrogens with zero attached hydrogens (tertiary/aromatic N) is 1. The minimum Gasteiger partial charge on any atom is -0.311 e. The van der Waals surface area contributed by atoms with Crippen molar-refractivity contribution in [1.29, 1.82) is 0 Å². The fourth-order valence-electron chi connectivity index (χ4n) is 2.83. The van der Waals surface area contributed by atoms with Crippen LogP contribution < -0.4 is 4.90 Å². The zero-order valence-corrected chi connectivity index (χ0v) is 17.0. The lowest BCUT2D eigenvalue weighted by atomic mass is 9.87. The van der Waals surface area contributed by atoms with Crippen molar-refractivity contribution < 1.29 is 0 Å². The van der Waals surface area contributed by atoms with Crippen LogP contribution in [0.25, 0.3) is 0 Å². The lowest BCUT2D eigenvalue weighted by Crippen LogP contribution is -2.13. The SMILES string of the molecule is CC.Cc1ccc(N(c2ccccc2)c2ccc(C(C)(C)C)cc2)cc1. The first-order chi connectivity index (χ1) is 12.4. The number of hydrogen-bond donors (Lipinski definition) is 0. The first kappa shape index (κ1) is 19.8. The van der Waals surface area contributed by atoms with Gasteiger partial charge in [-0.1, -0.05) is 82.6 Å². The summed E-state index contributed by atoms with van der Waals surface area (Å²) in [7, 11) is 0. The molecule has 3 rings (SSSR count). The number of para-hydroxylation sites is 1. The average Bonchev–Trinajstić information content (AvgIpc) is 2.66. The Morgan fingerprint density at radius 1 is 0.577 bits per heavy atom. The van der Waals surface area contributed by atoms with Gasteiger partial charge in [0.1, 0.15) is 0 Å². The van der Waals surface area contributed by atoms with Crippen molar-refractivity contribution in [2.45, 2.75) is 47.0 Å². The summed E-state index contributed by atoms with van der Waals surface area (Å²) in [6.45, 7) is 12.9. The lowest BCUT2D eigenvalue weighted by Gasteiger charge is -2.27. The van der Waals surface area contributed by atoms with E-state index in [1.807, 2.05) is 13.8 Å². The molecule has 0 aliphatic carbocycles. The molecule has 0 fully saturated rings. The van der Waals surface area contributed by atoms with E-state index in [-0.39, 0.29) is 5.41 Å². The lowest BCUT2D eigenvalue weighted by molar-refractivity contribution is 0.590. The van der Waals surface area contributed by atoms with Crippen LogP contribution in [-0.2, 0) is 5.41 Å². The Labute approximate surface area is 159 Å². The second-order valence-electron chi connectivity index (χ2n) is 7.30. The minimum absolute atomic E-state index is 0.167. The van der Waals surface area contributed by atoms with Gasteiger partial charge in [0.15, 0.2) is 0 Å². The number of anilines is 3. The van der Waals surface area contributed by atoms with Gasteiger partial charge in [0, 0.05) is 17.1 Å². The molecule has 3 aromatic rings. The van der Waals surface area contributed by atoms with Crippen molar-refractivity contribution in [2.24, 2.45) is 0 Å². The van der Waals surface area contributed by atoms with E-state index in [2.05, 4.69) is 111 Å². The summed E-state index contributed by atoms with van der Waals surface area (Å²) in [5, 5.41) is 0. The van der Waals surface area contributed by atoms with Crippen LogP contribution in [0.15, 0.2) is 78.9 Å². The van der Waals surface area contributed by atoms with Gasteiger partial charge in [-0.2, -0.15) is 0 Å². The Morgan fingerprint density at radius 2 is 1.00 bits per heavy atom. The zero-order chi connectivity index (χ0) is 19.2. The molecule has 0 atom stereocenters. The second kappa shape index (κ2) is 8.71. The van der Waals surface area contributed by atoms with Gasteiger partial charge in [-0.15, -0.1) is 0 Å². The van der Waals surface area contributed by atoms with Crippen LogP contribution in [-0.4, -0.2) is 0 Å². The van der Waals surface area contributed by atoms with E-state index in [0.29, 0.717) is 0 Å². The molecule has 0 saturated carbocycles. The van der Waals surface area contributed by atoms with E-state index in [4.69, 9.17) is 0 Å². The normalized spacial score (nSPS) is 10.7. The highest BCUT2D eigenvalue weighted by molar-refractivity contribution is 5.76. The Balaban J connectivity index is 0.00000117. The van der Waals surface area contributed by atoms with Crippen LogP contribution in [0, 0.1) is 6.92 Å². The third-order valence-electron chi connectivity index (χ3n) is 4.30. The maximum absolute atomic E-state index is 2.30. The monoisotopic (exact) mass is 345 g/mol. The Morgan fingerprint density at radius 3 is 1.46 bits per heavy atom. The van der Waals surface area contributed by atoms with Crippen molar-refractivity contribution in [3.05, 3.63) is 90.0 Å². The van der Waals surface area contributed by atoms with Crippen LogP contribution >= 0.6 is 0 Å². The van der Waals surface area contributed by atoms with Gasteiger partial charge >= 0.3 is 0 Å².